The molecule has 2 N–H and O–H groups in total. The lowest BCUT2D eigenvalue weighted by molar-refractivity contribution is -0.112. The highest BCUT2D eigenvalue weighted by Crippen LogP contribution is 2.29. The summed E-state index contributed by atoms with van der Waals surface area (Å²) in [6, 6.07) is 6.96. The van der Waals surface area contributed by atoms with Crippen LogP contribution in [0, 0.1) is 11.3 Å². The maximum atomic E-state index is 12.3. The van der Waals surface area contributed by atoms with E-state index in [1.165, 1.54) is 20.4 Å². The third-order valence-corrected chi connectivity index (χ3v) is 3.73. The molecule has 0 spiro atoms. The SMILES string of the molecule is CCN(CC)CCN/C=C(/C#N)C(=O)Nc1cc(OC)ccc1OC. The number of amides is 1. The van der Waals surface area contributed by atoms with Crippen molar-refractivity contribution in [1.29, 1.82) is 5.26 Å². The number of carbonyl (C=O) groups is 1. The Morgan fingerprint density at radius 2 is 2.00 bits per heavy atom. The monoisotopic (exact) mass is 346 g/mol. The first-order valence-electron chi connectivity index (χ1n) is 8.18. The smallest absolute Gasteiger partial charge is 0.267 e. The number of hydrogen-bond acceptors (Lipinski definition) is 6. The second-order valence-corrected chi connectivity index (χ2v) is 5.17. The van der Waals surface area contributed by atoms with Crippen molar-refractivity contribution in [3.8, 4) is 17.6 Å². The molecule has 7 nitrogen and oxygen atoms in total. The highest BCUT2D eigenvalue weighted by Gasteiger charge is 2.13. The van der Waals surface area contributed by atoms with Gasteiger partial charge in [0.05, 0.1) is 19.9 Å². The number of carbonyl (C=O) groups excluding carboxylic acids is 1. The first-order chi connectivity index (χ1) is 12.1. The van der Waals surface area contributed by atoms with E-state index in [9.17, 15) is 10.1 Å². The third-order valence-electron chi connectivity index (χ3n) is 3.73. The zero-order valence-corrected chi connectivity index (χ0v) is 15.3. The van der Waals surface area contributed by atoms with Crippen molar-refractivity contribution in [2.75, 3.05) is 45.7 Å². The molecule has 0 aliphatic rings. The summed E-state index contributed by atoms with van der Waals surface area (Å²) >= 11 is 0. The van der Waals surface area contributed by atoms with Gasteiger partial charge in [-0.15, -0.1) is 0 Å². The number of benzene rings is 1. The second-order valence-electron chi connectivity index (χ2n) is 5.17. The molecule has 7 heteroatoms. The summed E-state index contributed by atoms with van der Waals surface area (Å²) in [4.78, 5) is 14.5. The number of nitriles is 1. The van der Waals surface area contributed by atoms with Crippen LogP contribution >= 0.6 is 0 Å². The molecule has 1 aromatic rings. The van der Waals surface area contributed by atoms with E-state index in [-0.39, 0.29) is 5.57 Å². The molecule has 0 bridgehead atoms. The molecule has 0 unspecified atom stereocenters. The predicted molar refractivity (Wildman–Crippen MR) is 97.7 cm³/mol. The fraction of sp³-hybridized carbons (Fsp3) is 0.444. The van der Waals surface area contributed by atoms with Gasteiger partial charge in [0.1, 0.15) is 23.1 Å². The minimum Gasteiger partial charge on any atom is -0.497 e. The van der Waals surface area contributed by atoms with Crippen molar-refractivity contribution >= 4 is 11.6 Å². The van der Waals surface area contributed by atoms with E-state index >= 15 is 0 Å². The highest BCUT2D eigenvalue weighted by molar-refractivity contribution is 6.07. The molecule has 0 aliphatic carbocycles. The standard InChI is InChI=1S/C18H26N4O3/c1-5-22(6-2)10-9-20-13-14(12-19)18(23)21-16-11-15(24-3)7-8-17(16)25-4/h7-8,11,13,20H,5-6,9-10H2,1-4H3,(H,21,23)/b14-13-. The number of hydrogen-bond donors (Lipinski definition) is 2. The molecule has 0 aromatic heterocycles. The van der Waals surface area contributed by atoms with Crippen molar-refractivity contribution < 1.29 is 14.3 Å². The fourth-order valence-electron chi connectivity index (χ4n) is 2.19. The average Bonchev–Trinajstić information content (AvgIpc) is 2.64. The van der Waals surface area contributed by atoms with Crippen LogP contribution in [0.2, 0.25) is 0 Å². The lowest BCUT2D eigenvalue weighted by Gasteiger charge is -2.17. The summed E-state index contributed by atoms with van der Waals surface area (Å²) in [6.45, 7) is 7.60. The van der Waals surface area contributed by atoms with Crippen molar-refractivity contribution in [3.63, 3.8) is 0 Å². The molecule has 1 rings (SSSR count). The van der Waals surface area contributed by atoms with Crippen LogP contribution in [-0.4, -0.2) is 51.2 Å². The van der Waals surface area contributed by atoms with Gasteiger partial charge in [0, 0.05) is 25.4 Å². The summed E-state index contributed by atoms with van der Waals surface area (Å²) in [5.74, 6) is 0.557. The van der Waals surface area contributed by atoms with Gasteiger partial charge >= 0.3 is 0 Å². The number of ether oxygens (including phenoxy) is 2. The van der Waals surface area contributed by atoms with E-state index in [0.717, 1.165) is 19.6 Å². The van der Waals surface area contributed by atoms with Crippen molar-refractivity contribution in [2.45, 2.75) is 13.8 Å². The third kappa shape index (κ3) is 6.36. The Bertz CT molecular complexity index is 634. The normalized spacial score (nSPS) is 11.0. The Morgan fingerprint density at radius 3 is 2.56 bits per heavy atom. The van der Waals surface area contributed by atoms with E-state index in [1.54, 1.807) is 18.2 Å². The van der Waals surface area contributed by atoms with Gasteiger partial charge in [-0.1, -0.05) is 13.8 Å². The summed E-state index contributed by atoms with van der Waals surface area (Å²) < 4.78 is 10.4. The maximum absolute atomic E-state index is 12.3. The Labute approximate surface area is 149 Å². The van der Waals surface area contributed by atoms with E-state index < -0.39 is 5.91 Å². The molecule has 136 valence electrons. The van der Waals surface area contributed by atoms with Crippen molar-refractivity contribution in [3.05, 3.63) is 30.0 Å². The van der Waals surface area contributed by atoms with Crippen LogP contribution in [0.3, 0.4) is 0 Å². The van der Waals surface area contributed by atoms with E-state index in [0.29, 0.717) is 23.7 Å². The quantitative estimate of drug-likeness (QED) is 0.383. The van der Waals surface area contributed by atoms with Gasteiger partial charge < -0.3 is 25.0 Å². The number of likely N-dealkylation sites (N-methyl/N-ethyl adjacent to an activating group) is 1. The summed E-state index contributed by atoms with van der Waals surface area (Å²) in [5.41, 5.74) is 0.431. The second kappa shape index (κ2) is 10.9. The van der Waals surface area contributed by atoms with Gasteiger partial charge in [0.2, 0.25) is 0 Å². The molecular formula is C18H26N4O3. The summed E-state index contributed by atoms with van der Waals surface area (Å²) in [5, 5.41) is 14.9. The first-order valence-corrected chi connectivity index (χ1v) is 8.18. The van der Waals surface area contributed by atoms with Crippen molar-refractivity contribution in [2.24, 2.45) is 0 Å². The topological polar surface area (TPSA) is 86.6 Å². The minimum atomic E-state index is -0.510. The zero-order chi connectivity index (χ0) is 18.7. The van der Waals surface area contributed by atoms with Crippen LogP contribution in [0.4, 0.5) is 5.69 Å². The van der Waals surface area contributed by atoms with E-state index in [1.807, 2.05) is 6.07 Å². The molecule has 25 heavy (non-hydrogen) atoms. The van der Waals surface area contributed by atoms with Gasteiger partial charge in [-0.2, -0.15) is 5.26 Å². The van der Waals surface area contributed by atoms with Crippen LogP contribution < -0.4 is 20.1 Å². The predicted octanol–water partition coefficient (Wildman–Crippen LogP) is 1.98. The Balaban J connectivity index is 2.73. The van der Waals surface area contributed by atoms with Crippen LogP contribution in [0.15, 0.2) is 30.0 Å². The van der Waals surface area contributed by atoms with Gasteiger partial charge in [-0.25, -0.2) is 0 Å². The van der Waals surface area contributed by atoms with Crippen molar-refractivity contribution in [1.82, 2.24) is 10.2 Å². The maximum Gasteiger partial charge on any atom is 0.267 e. The van der Waals surface area contributed by atoms with Gasteiger partial charge in [-0.3, -0.25) is 4.79 Å². The molecule has 0 saturated heterocycles. The Morgan fingerprint density at radius 1 is 1.28 bits per heavy atom. The van der Waals surface area contributed by atoms with E-state index in [4.69, 9.17) is 9.47 Å². The van der Waals surface area contributed by atoms with Crippen LogP contribution in [0.5, 0.6) is 11.5 Å². The lowest BCUT2D eigenvalue weighted by atomic mass is 10.2. The van der Waals surface area contributed by atoms with Gasteiger partial charge in [0.15, 0.2) is 0 Å². The number of rotatable bonds is 10. The van der Waals surface area contributed by atoms with Gasteiger partial charge in [0.25, 0.3) is 5.91 Å². The molecule has 0 aliphatic heterocycles. The van der Waals surface area contributed by atoms with Crippen LogP contribution in [0.25, 0.3) is 0 Å². The zero-order valence-electron chi connectivity index (χ0n) is 15.3. The molecular weight excluding hydrogens is 320 g/mol. The summed E-state index contributed by atoms with van der Waals surface area (Å²) in [6.07, 6.45) is 1.44. The Kier molecular flexibility index (Phi) is 8.90. The largest absolute Gasteiger partial charge is 0.497 e. The molecule has 0 fully saturated rings. The molecule has 1 amide bonds. The number of nitrogens with one attached hydrogen (secondary N) is 2. The highest BCUT2D eigenvalue weighted by atomic mass is 16.5. The first kappa shape index (κ1) is 20.3. The van der Waals surface area contributed by atoms with Crippen LogP contribution in [-0.2, 0) is 4.79 Å². The molecule has 0 heterocycles. The number of methoxy groups -OCH3 is 2. The molecule has 0 radical (unpaired) electrons. The molecule has 0 atom stereocenters. The number of nitrogens with zero attached hydrogens (tertiary/aromatic N) is 2. The lowest BCUT2D eigenvalue weighted by Crippen LogP contribution is -2.30. The minimum absolute atomic E-state index is 0.00980. The fourth-order valence-corrected chi connectivity index (χ4v) is 2.19. The number of anilines is 1. The van der Waals surface area contributed by atoms with Crippen LogP contribution in [0.1, 0.15) is 13.8 Å². The van der Waals surface area contributed by atoms with Gasteiger partial charge in [-0.05, 0) is 25.2 Å². The Hall–Kier alpha value is -2.72. The molecule has 1 aromatic carbocycles. The summed E-state index contributed by atoms with van der Waals surface area (Å²) in [7, 11) is 3.04. The average molecular weight is 346 g/mol. The molecule has 0 saturated carbocycles. The van der Waals surface area contributed by atoms with E-state index in [2.05, 4.69) is 29.4 Å².